The lowest BCUT2D eigenvalue weighted by Crippen LogP contribution is -1.92. The van der Waals surface area contributed by atoms with Crippen molar-refractivity contribution in [3.8, 4) is 11.3 Å². The lowest BCUT2D eigenvalue weighted by Gasteiger charge is -1.98. The number of halogens is 1. The molecule has 0 radical (unpaired) electrons. The Balaban J connectivity index is 2.56. The van der Waals surface area contributed by atoms with Crippen molar-refractivity contribution in [2.45, 2.75) is 13.8 Å². The lowest BCUT2D eigenvalue weighted by atomic mass is 10.1. The van der Waals surface area contributed by atoms with Crippen LogP contribution in [0, 0.1) is 13.8 Å². The third-order valence-corrected chi connectivity index (χ3v) is 2.57. The minimum Gasteiger partial charge on any atom is -0.360 e. The van der Waals surface area contributed by atoms with Gasteiger partial charge in [-0.3, -0.25) is 4.79 Å². The van der Waals surface area contributed by atoms with Crippen LogP contribution in [0.4, 0.5) is 0 Å². The van der Waals surface area contributed by atoms with E-state index in [1.807, 2.05) is 31.2 Å². The number of aromatic nitrogens is 1. The van der Waals surface area contributed by atoms with Gasteiger partial charge in [-0.1, -0.05) is 35.0 Å². The van der Waals surface area contributed by atoms with E-state index in [9.17, 15) is 4.79 Å². The Morgan fingerprint density at radius 3 is 2.44 bits per heavy atom. The van der Waals surface area contributed by atoms with Crippen LogP contribution in [-0.2, 0) is 0 Å². The van der Waals surface area contributed by atoms with Crippen LogP contribution in [-0.4, -0.2) is 10.4 Å². The Hall–Kier alpha value is -1.61. The molecule has 0 N–H and O–H groups in total. The van der Waals surface area contributed by atoms with Gasteiger partial charge in [0.1, 0.15) is 17.0 Å². The molecule has 1 aromatic carbocycles. The summed E-state index contributed by atoms with van der Waals surface area (Å²) >= 11 is 5.50. The zero-order valence-corrected chi connectivity index (χ0v) is 9.71. The molecule has 0 bridgehead atoms. The summed E-state index contributed by atoms with van der Waals surface area (Å²) in [6.45, 7) is 3.66. The first-order valence-corrected chi connectivity index (χ1v) is 5.20. The van der Waals surface area contributed by atoms with Gasteiger partial charge < -0.3 is 4.52 Å². The minimum atomic E-state index is -0.547. The molecule has 0 aliphatic rings. The molecular formula is C12H10ClNO2. The fourth-order valence-corrected chi connectivity index (χ4v) is 1.73. The Morgan fingerprint density at radius 1 is 1.25 bits per heavy atom. The van der Waals surface area contributed by atoms with E-state index in [-0.39, 0.29) is 0 Å². The Kier molecular flexibility index (Phi) is 2.79. The second kappa shape index (κ2) is 4.10. The van der Waals surface area contributed by atoms with Gasteiger partial charge in [0.15, 0.2) is 0 Å². The molecular weight excluding hydrogens is 226 g/mol. The first kappa shape index (κ1) is 10.9. The lowest BCUT2D eigenvalue weighted by molar-refractivity contribution is 0.108. The average Bonchev–Trinajstić information content (AvgIpc) is 2.61. The number of benzene rings is 1. The highest BCUT2D eigenvalue weighted by Crippen LogP contribution is 2.26. The molecule has 0 atom stereocenters. The molecule has 2 rings (SSSR count). The van der Waals surface area contributed by atoms with E-state index >= 15 is 0 Å². The largest absolute Gasteiger partial charge is 0.360 e. The topological polar surface area (TPSA) is 43.1 Å². The number of hydrogen-bond acceptors (Lipinski definition) is 3. The zero-order valence-electron chi connectivity index (χ0n) is 8.95. The monoisotopic (exact) mass is 235 g/mol. The van der Waals surface area contributed by atoms with Crippen LogP contribution >= 0.6 is 11.6 Å². The Morgan fingerprint density at radius 2 is 1.88 bits per heavy atom. The van der Waals surface area contributed by atoms with Crippen molar-refractivity contribution >= 4 is 16.8 Å². The van der Waals surface area contributed by atoms with E-state index in [2.05, 4.69) is 5.16 Å². The molecule has 1 aromatic heterocycles. The number of rotatable bonds is 2. The maximum absolute atomic E-state index is 11.3. The van der Waals surface area contributed by atoms with E-state index in [0.29, 0.717) is 17.0 Å². The molecule has 0 fully saturated rings. The van der Waals surface area contributed by atoms with Crippen LogP contribution in [0.25, 0.3) is 11.3 Å². The van der Waals surface area contributed by atoms with E-state index in [4.69, 9.17) is 16.1 Å². The molecule has 4 heteroatoms. The molecule has 0 unspecified atom stereocenters. The van der Waals surface area contributed by atoms with E-state index in [1.54, 1.807) is 6.92 Å². The molecule has 82 valence electrons. The van der Waals surface area contributed by atoms with Crippen LogP contribution in [0.1, 0.15) is 21.7 Å². The van der Waals surface area contributed by atoms with Crippen molar-refractivity contribution < 1.29 is 9.32 Å². The van der Waals surface area contributed by atoms with Gasteiger partial charge in [-0.05, 0) is 25.4 Å². The molecule has 1 heterocycles. The minimum absolute atomic E-state index is 0.338. The van der Waals surface area contributed by atoms with Crippen LogP contribution in [0.2, 0.25) is 0 Å². The van der Waals surface area contributed by atoms with Gasteiger partial charge in [0.05, 0.1) is 0 Å². The normalized spacial score (nSPS) is 10.4. The first-order valence-electron chi connectivity index (χ1n) is 4.82. The van der Waals surface area contributed by atoms with Crippen LogP contribution in [0.15, 0.2) is 28.8 Å². The van der Waals surface area contributed by atoms with Crippen molar-refractivity contribution in [3.63, 3.8) is 0 Å². The molecule has 0 saturated carbocycles. The van der Waals surface area contributed by atoms with Crippen LogP contribution in [0.3, 0.4) is 0 Å². The average molecular weight is 236 g/mol. The second-order valence-electron chi connectivity index (χ2n) is 3.60. The van der Waals surface area contributed by atoms with Gasteiger partial charge in [0, 0.05) is 5.56 Å². The SMILES string of the molecule is Cc1ccc(-c2noc(C)c2C(=O)Cl)cc1. The number of aryl methyl sites for hydroxylation is 2. The molecule has 0 saturated heterocycles. The van der Waals surface area contributed by atoms with Crippen molar-refractivity contribution in [2.75, 3.05) is 0 Å². The maximum Gasteiger partial charge on any atom is 0.258 e. The summed E-state index contributed by atoms with van der Waals surface area (Å²) in [5.41, 5.74) is 2.80. The first-order chi connectivity index (χ1) is 7.59. The highest BCUT2D eigenvalue weighted by molar-refractivity contribution is 6.68. The van der Waals surface area contributed by atoms with Gasteiger partial charge in [0.2, 0.25) is 0 Å². The van der Waals surface area contributed by atoms with Crippen molar-refractivity contribution in [3.05, 3.63) is 41.2 Å². The standard InChI is InChI=1S/C12H10ClNO2/c1-7-3-5-9(6-4-7)11-10(12(13)15)8(2)16-14-11/h3-6H,1-2H3. The second-order valence-corrected chi connectivity index (χ2v) is 3.95. The summed E-state index contributed by atoms with van der Waals surface area (Å²) in [6, 6.07) is 7.66. The molecule has 0 amide bonds. The molecule has 16 heavy (non-hydrogen) atoms. The van der Waals surface area contributed by atoms with E-state index in [1.165, 1.54) is 0 Å². The summed E-state index contributed by atoms with van der Waals surface area (Å²) in [6.07, 6.45) is 0. The molecule has 0 aliphatic carbocycles. The predicted octanol–water partition coefficient (Wildman–Crippen LogP) is 3.34. The van der Waals surface area contributed by atoms with Gasteiger partial charge in [-0.25, -0.2) is 0 Å². The van der Waals surface area contributed by atoms with Crippen LogP contribution in [0.5, 0.6) is 0 Å². The van der Waals surface area contributed by atoms with Crippen molar-refractivity contribution in [1.82, 2.24) is 5.16 Å². The third kappa shape index (κ3) is 1.86. The Bertz CT molecular complexity index is 528. The maximum atomic E-state index is 11.3. The summed E-state index contributed by atoms with van der Waals surface area (Å²) in [7, 11) is 0. The highest BCUT2D eigenvalue weighted by atomic mass is 35.5. The van der Waals surface area contributed by atoms with E-state index in [0.717, 1.165) is 11.1 Å². The molecule has 3 nitrogen and oxygen atoms in total. The summed E-state index contributed by atoms with van der Waals surface area (Å²) in [4.78, 5) is 11.3. The number of carbonyl (C=O) groups is 1. The summed E-state index contributed by atoms with van der Waals surface area (Å²) in [5.74, 6) is 0.440. The Labute approximate surface area is 98.0 Å². The fraction of sp³-hybridized carbons (Fsp3) is 0.167. The molecule has 0 aliphatic heterocycles. The summed E-state index contributed by atoms with van der Waals surface area (Å²) < 4.78 is 4.99. The van der Waals surface area contributed by atoms with Gasteiger partial charge in [-0.2, -0.15) is 0 Å². The molecule has 2 aromatic rings. The van der Waals surface area contributed by atoms with Gasteiger partial charge >= 0.3 is 0 Å². The highest BCUT2D eigenvalue weighted by Gasteiger charge is 2.19. The number of nitrogens with zero attached hydrogens (tertiary/aromatic N) is 1. The van der Waals surface area contributed by atoms with Gasteiger partial charge in [-0.15, -0.1) is 0 Å². The smallest absolute Gasteiger partial charge is 0.258 e. The molecule has 0 spiro atoms. The predicted molar refractivity (Wildman–Crippen MR) is 61.6 cm³/mol. The van der Waals surface area contributed by atoms with E-state index < -0.39 is 5.24 Å². The third-order valence-electron chi connectivity index (χ3n) is 2.38. The summed E-state index contributed by atoms with van der Waals surface area (Å²) in [5, 5.41) is 3.31. The zero-order chi connectivity index (χ0) is 11.7. The van der Waals surface area contributed by atoms with Gasteiger partial charge in [0.25, 0.3) is 5.24 Å². The van der Waals surface area contributed by atoms with Crippen molar-refractivity contribution in [2.24, 2.45) is 0 Å². The quantitative estimate of drug-likeness (QED) is 0.750. The van der Waals surface area contributed by atoms with Crippen molar-refractivity contribution in [1.29, 1.82) is 0 Å². The van der Waals surface area contributed by atoms with Crippen LogP contribution < -0.4 is 0 Å². The number of hydrogen-bond donors (Lipinski definition) is 0. The number of carbonyl (C=O) groups excluding carboxylic acids is 1. The fourth-order valence-electron chi connectivity index (χ4n) is 1.51.